The maximum Gasteiger partial charge on any atom is 0.284 e. The lowest BCUT2D eigenvalue weighted by molar-refractivity contribution is 0.108. The summed E-state index contributed by atoms with van der Waals surface area (Å²) in [6.45, 7) is 3.88. The summed E-state index contributed by atoms with van der Waals surface area (Å²) in [6, 6.07) is 23.8. The van der Waals surface area contributed by atoms with Crippen molar-refractivity contribution in [2.24, 2.45) is 9.39 Å². The number of carbonyl (C=O) groups excluding carboxylic acids is 1. The number of rotatable bonds is 5. The predicted molar refractivity (Wildman–Crippen MR) is 129 cm³/mol. The van der Waals surface area contributed by atoms with E-state index in [9.17, 15) is 13.2 Å². The molecule has 0 saturated carbocycles. The Morgan fingerprint density at radius 2 is 1.44 bits per heavy atom. The van der Waals surface area contributed by atoms with E-state index in [-0.39, 0.29) is 27.7 Å². The molecule has 0 aliphatic heterocycles. The molecule has 3 rings (SSSR count). The van der Waals surface area contributed by atoms with Crippen LogP contribution in [0, 0.1) is 6.92 Å². The number of amidine groups is 1. The Labute approximate surface area is 192 Å². The van der Waals surface area contributed by atoms with Gasteiger partial charge in [0.2, 0.25) is 5.12 Å². The summed E-state index contributed by atoms with van der Waals surface area (Å²) < 4.78 is 35.4. The van der Waals surface area contributed by atoms with Crippen LogP contribution in [0.1, 0.15) is 28.4 Å². The third-order valence-corrected chi connectivity index (χ3v) is 6.30. The topological polar surface area (TPSA) is 85.2 Å². The van der Waals surface area contributed by atoms with E-state index >= 15 is 0 Å². The molecule has 0 aliphatic carbocycles. The molecule has 0 spiro atoms. The van der Waals surface area contributed by atoms with Gasteiger partial charge < -0.3 is 4.74 Å². The zero-order valence-electron chi connectivity index (χ0n) is 17.6. The first kappa shape index (κ1) is 23.4. The average Bonchev–Trinajstić information content (AvgIpc) is 2.80. The Kier molecular flexibility index (Phi) is 7.97. The van der Waals surface area contributed by atoms with Gasteiger partial charge in [-0.2, -0.15) is 13.4 Å². The molecule has 164 valence electrons. The molecule has 0 bridgehead atoms. The molecule has 0 atom stereocenters. The van der Waals surface area contributed by atoms with Crippen molar-refractivity contribution < 1.29 is 17.9 Å². The highest BCUT2D eigenvalue weighted by Crippen LogP contribution is 2.19. The summed E-state index contributed by atoms with van der Waals surface area (Å²) in [5.41, 5.74) is 1.90. The predicted octanol–water partition coefficient (Wildman–Crippen LogP) is 5.10. The first-order valence-electron chi connectivity index (χ1n) is 9.85. The number of hydrogen-bond acceptors (Lipinski definition) is 5. The van der Waals surface area contributed by atoms with Gasteiger partial charge in [-0.25, -0.2) is 0 Å². The molecule has 6 nitrogen and oxygen atoms in total. The van der Waals surface area contributed by atoms with Gasteiger partial charge in [0.25, 0.3) is 15.3 Å². The SMILES string of the molecule is CCOC(=N/C(=N\S(=O)(=O)c1ccc(C)cc1)c1ccccc1)SC(=O)c1ccccc1. The normalized spacial score (nSPS) is 12.4. The molecular formula is C24H22N2O4S2. The minimum absolute atomic E-state index is 0.0167. The molecule has 3 aromatic rings. The lowest BCUT2D eigenvalue weighted by Crippen LogP contribution is -2.11. The van der Waals surface area contributed by atoms with Gasteiger partial charge in [0.1, 0.15) is 0 Å². The third kappa shape index (κ3) is 6.38. The van der Waals surface area contributed by atoms with Gasteiger partial charge in [0.05, 0.1) is 11.5 Å². The summed E-state index contributed by atoms with van der Waals surface area (Å²) in [7, 11) is -4.03. The van der Waals surface area contributed by atoms with Crippen molar-refractivity contribution >= 4 is 38.0 Å². The molecule has 3 aromatic carbocycles. The van der Waals surface area contributed by atoms with E-state index in [0.717, 1.165) is 17.3 Å². The van der Waals surface area contributed by atoms with E-state index in [1.54, 1.807) is 73.7 Å². The van der Waals surface area contributed by atoms with E-state index in [4.69, 9.17) is 4.74 Å². The lowest BCUT2D eigenvalue weighted by Gasteiger charge is -2.08. The summed E-state index contributed by atoms with van der Waals surface area (Å²) in [4.78, 5) is 17.0. The molecule has 0 radical (unpaired) electrons. The Hall–Kier alpha value is -3.23. The lowest BCUT2D eigenvalue weighted by atomic mass is 10.2. The molecule has 0 heterocycles. The largest absolute Gasteiger partial charge is 0.473 e. The van der Waals surface area contributed by atoms with Crippen LogP contribution in [-0.4, -0.2) is 31.2 Å². The molecule has 0 N–H and O–H groups in total. The van der Waals surface area contributed by atoms with Crippen molar-refractivity contribution in [2.75, 3.05) is 6.61 Å². The van der Waals surface area contributed by atoms with Crippen molar-refractivity contribution in [3.63, 3.8) is 0 Å². The van der Waals surface area contributed by atoms with Crippen LogP contribution in [-0.2, 0) is 14.8 Å². The number of benzene rings is 3. The number of ether oxygens (including phenoxy) is 1. The van der Waals surface area contributed by atoms with Crippen LogP contribution >= 0.6 is 11.8 Å². The fourth-order valence-corrected chi connectivity index (χ4v) is 4.29. The zero-order valence-corrected chi connectivity index (χ0v) is 19.3. The molecule has 0 saturated heterocycles. The quantitative estimate of drug-likeness (QED) is 0.386. The van der Waals surface area contributed by atoms with Gasteiger partial charge >= 0.3 is 0 Å². The van der Waals surface area contributed by atoms with E-state index in [1.165, 1.54) is 12.1 Å². The highest BCUT2D eigenvalue weighted by atomic mass is 32.2. The summed E-state index contributed by atoms with van der Waals surface area (Å²) in [5, 5.41) is -0.255. The standard InChI is InChI=1S/C24H22N2O4S2/c1-3-30-24(31-23(27)20-12-8-5-9-13-20)25-22(19-10-6-4-7-11-19)26-32(28,29)21-16-14-18(2)15-17-21/h4-17H,3H2,1-2H3/b25-24?,26-22-. The fourth-order valence-electron chi connectivity index (χ4n) is 2.61. The first-order valence-corrected chi connectivity index (χ1v) is 12.1. The maximum atomic E-state index is 12.9. The first-order chi connectivity index (χ1) is 15.4. The minimum Gasteiger partial charge on any atom is -0.473 e. The van der Waals surface area contributed by atoms with Crippen LogP contribution in [0.25, 0.3) is 0 Å². The molecule has 0 aliphatic rings. The summed E-state index contributed by atoms with van der Waals surface area (Å²) in [5.74, 6) is -0.0667. The van der Waals surface area contributed by atoms with Crippen LogP contribution in [0.3, 0.4) is 0 Å². The van der Waals surface area contributed by atoms with Gasteiger partial charge in [-0.05, 0) is 26.0 Å². The Morgan fingerprint density at radius 1 is 0.875 bits per heavy atom. The van der Waals surface area contributed by atoms with E-state index in [0.29, 0.717) is 11.1 Å². The number of aliphatic imine (C=N–C) groups is 1. The monoisotopic (exact) mass is 466 g/mol. The highest BCUT2D eigenvalue weighted by Gasteiger charge is 2.18. The van der Waals surface area contributed by atoms with Crippen molar-refractivity contribution in [2.45, 2.75) is 18.7 Å². The number of hydrogen-bond donors (Lipinski definition) is 0. The average molecular weight is 467 g/mol. The van der Waals surface area contributed by atoms with E-state index in [2.05, 4.69) is 9.39 Å². The maximum absolute atomic E-state index is 12.9. The molecular weight excluding hydrogens is 444 g/mol. The van der Waals surface area contributed by atoms with Crippen molar-refractivity contribution in [1.82, 2.24) is 0 Å². The Bertz CT molecular complexity index is 1220. The summed E-state index contributed by atoms with van der Waals surface area (Å²) >= 11 is 0.782. The van der Waals surface area contributed by atoms with Crippen molar-refractivity contribution in [1.29, 1.82) is 0 Å². The second kappa shape index (κ2) is 10.9. The van der Waals surface area contributed by atoms with Gasteiger partial charge in [-0.1, -0.05) is 78.4 Å². The van der Waals surface area contributed by atoms with Crippen molar-refractivity contribution in [3.8, 4) is 0 Å². The van der Waals surface area contributed by atoms with Gasteiger partial charge in [0, 0.05) is 22.9 Å². The Morgan fingerprint density at radius 3 is 2.00 bits per heavy atom. The smallest absolute Gasteiger partial charge is 0.284 e. The number of nitrogens with zero attached hydrogens (tertiary/aromatic N) is 2. The van der Waals surface area contributed by atoms with Gasteiger partial charge in [-0.3, -0.25) is 4.79 Å². The third-order valence-electron chi connectivity index (χ3n) is 4.21. The second-order valence-electron chi connectivity index (χ2n) is 6.64. The van der Waals surface area contributed by atoms with Crippen LogP contribution < -0.4 is 0 Å². The summed E-state index contributed by atoms with van der Waals surface area (Å²) in [6.07, 6.45) is 0. The molecule has 8 heteroatoms. The fraction of sp³-hybridized carbons (Fsp3) is 0.125. The number of thioether (sulfide) groups is 1. The molecule has 0 fully saturated rings. The second-order valence-corrected chi connectivity index (χ2v) is 9.16. The number of carbonyl (C=O) groups is 1. The molecule has 0 unspecified atom stereocenters. The van der Waals surface area contributed by atoms with Gasteiger partial charge in [-0.15, -0.1) is 4.40 Å². The molecule has 0 amide bonds. The number of aryl methyl sites for hydroxylation is 1. The van der Waals surface area contributed by atoms with Crippen molar-refractivity contribution in [3.05, 3.63) is 102 Å². The molecule has 0 aromatic heterocycles. The van der Waals surface area contributed by atoms with E-state index in [1.807, 2.05) is 13.0 Å². The molecule has 32 heavy (non-hydrogen) atoms. The number of sulfonamides is 1. The van der Waals surface area contributed by atoms with Crippen LogP contribution in [0.5, 0.6) is 0 Å². The Balaban J connectivity index is 2.03. The highest BCUT2D eigenvalue weighted by molar-refractivity contribution is 8.26. The van der Waals surface area contributed by atoms with Crippen LogP contribution in [0.4, 0.5) is 0 Å². The zero-order chi connectivity index (χ0) is 23.0. The minimum atomic E-state index is -4.03. The van der Waals surface area contributed by atoms with Gasteiger partial charge in [0.15, 0.2) is 5.84 Å². The van der Waals surface area contributed by atoms with Crippen LogP contribution in [0.2, 0.25) is 0 Å². The van der Waals surface area contributed by atoms with E-state index < -0.39 is 10.0 Å². The van der Waals surface area contributed by atoms with Crippen LogP contribution in [0.15, 0.2) is 99.2 Å².